The second-order valence-corrected chi connectivity index (χ2v) is 8.41. The summed E-state index contributed by atoms with van der Waals surface area (Å²) in [6.07, 6.45) is -2.60. The average molecular weight is 455 g/mol. The second-order valence-electron chi connectivity index (χ2n) is 8.41. The number of rotatable bonds is 5. The number of anilines is 1. The van der Waals surface area contributed by atoms with Crippen LogP contribution in [0.1, 0.15) is 49.3 Å². The maximum Gasteiger partial charge on any atom is 0.416 e. The van der Waals surface area contributed by atoms with E-state index in [4.69, 9.17) is 0 Å². The maximum atomic E-state index is 13.4. The largest absolute Gasteiger partial charge is 0.416 e. The monoisotopic (exact) mass is 455 g/mol. The number of Topliss-reactive ketones (excluding diaryl/α,β-unsaturated/α-hetero) is 1. The van der Waals surface area contributed by atoms with Crippen LogP contribution in [0.4, 0.5) is 18.9 Å². The van der Waals surface area contributed by atoms with Crippen molar-refractivity contribution in [2.75, 3.05) is 5.32 Å². The minimum Gasteiger partial charge on any atom is -0.359 e. The summed E-state index contributed by atoms with van der Waals surface area (Å²) in [4.78, 5) is 24.1. The van der Waals surface area contributed by atoms with Crippen molar-refractivity contribution in [2.45, 2.75) is 45.2 Å². The second kappa shape index (κ2) is 9.21. The molecule has 2 aromatic carbocycles. The predicted molar refractivity (Wildman–Crippen MR) is 120 cm³/mol. The standard InChI is InChI=1S/C25H24F3N3O2/c1-15-13-23(33)30-31-24(15)16-9-11-18(12-10-16)29-21-7-4-8-22(32)19(21)14-17-5-2-3-6-20(17)25(26,27)28/h2-3,5-6,9-12,15,29H,4,7-8,13-14H2,1H3,(H,30,33). The summed E-state index contributed by atoms with van der Waals surface area (Å²) in [6, 6.07) is 12.8. The van der Waals surface area contributed by atoms with Crippen LogP contribution in [0.5, 0.6) is 0 Å². The molecule has 2 N–H and O–H groups in total. The van der Waals surface area contributed by atoms with Crippen molar-refractivity contribution in [3.05, 3.63) is 76.5 Å². The Balaban J connectivity index is 1.59. The number of ketones is 1. The van der Waals surface area contributed by atoms with Gasteiger partial charge in [0.2, 0.25) is 5.91 Å². The molecule has 1 unspecified atom stereocenters. The molecule has 4 rings (SSSR count). The molecule has 1 heterocycles. The molecule has 1 aliphatic carbocycles. The smallest absolute Gasteiger partial charge is 0.359 e. The Labute approximate surface area is 189 Å². The van der Waals surface area contributed by atoms with Gasteiger partial charge in [0, 0.05) is 42.1 Å². The molecule has 1 atom stereocenters. The van der Waals surface area contributed by atoms with Gasteiger partial charge in [-0.2, -0.15) is 18.3 Å². The SMILES string of the molecule is CC1CC(=O)NN=C1c1ccc(NC2=C(Cc3ccccc3C(F)(F)F)C(=O)CCC2)cc1. The molecule has 2 aliphatic rings. The van der Waals surface area contributed by atoms with Crippen molar-refractivity contribution < 1.29 is 22.8 Å². The summed E-state index contributed by atoms with van der Waals surface area (Å²) < 4.78 is 40.3. The van der Waals surface area contributed by atoms with Crippen LogP contribution >= 0.6 is 0 Å². The predicted octanol–water partition coefficient (Wildman–Crippen LogP) is 5.23. The van der Waals surface area contributed by atoms with Gasteiger partial charge in [0.15, 0.2) is 5.78 Å². The zero-order valence-electron chi connectivity index (χ0n) is 18.1. The summed E-state index contributed by atoms with van der Waals surface area (Å²) in [5.41, 5.74) is 5.34. The van der Waals surface area contributed by atoms with Gasteiger partial charge in [-0.25, -0.2) is 5.43 Å². The number of amides is 1. The van der Waals surface area contributed by atoms with Gasteiger partial charge in [0.05, 0.1) is 11.3 Å². The fourth-order valence-electron chi connectivity index (χ4n) is 4.28. The van der Waals surface area contributed by atoms with Crippen LogP contribution in [0.2, 0.25) is 0 Å². The number of hydrogen-bond donors (Lipinski definition) is 2. The van der Waals surface area contributed by atoms with Gasteiger partial charge >= 0.3 is 6.18 Å². The summed E-state index contributed by atoms with van der Waals surface area (Å²) in [5.74, 6) is -0.243. The molecule has 2 aromatic rings. The molecular formula is C25H24F3N3O2. The molecule has 33 heavy (non-hydrogen) atoms. The Morgan fingerprint density at radius 3 is 2.48 bits per heavy atom. The minimum atomic E-state index is -4.48. The lowest BCUT2D eigenvalue weighted by Gasteiger charge is -2.23. The highest BCUT2D eigenvalue weighted by Gasteiger charge is 2.34. The van der Waals surface area contributed by atoms with Gasteiger partial charge < -0.3 is 5.32 Å². The van der Waals surface area contributed by atoms with E-state index in [1.165, 1.54) is 12.1 Å². The van der Waals surface area contributed by atoms with Crippen molar-refractivity contribution in [1.82, 2.24) is 5.43 Å². The summed E-state index contributed by atoms with van der Waals surface area (Å²) in [5, 5.41) is 7.41. The molecule has 0 radical (unpaired) electrons. The molecule has 0 bridgehead atoms. The number of benzene rings is 2. The van der Waals surface area contributed by atoms with E-state index in [2.05, 4.69) is 15.8 Å². The fourth-order valence-corrected chi connectivity index (χ4v) is 4.28. The lowest BCUT2D eigenvalue weighted by atomic mass is 9.88. The lowest BCUT2D eigenvalue weighted by molar-refractivity contribution is -0.138. The van der Waals surface area contributed by atoms with Gasteiger partial charge in [-0.3, -0.25) is 9.59 Å². The first-order valence-corrected chi connectivity index (χ1v) is 10.9. The first-order chi connectivity index (χ1) is 15.7. The van der Waals surface area contributed by atoms with Crippen molar-refractivity contribution in [3.63, 3.8) is 0 Å². The third-order valence-corrected chi connectivity index (χ3v) is 5.96. The van der Waals surface area contributed by atoms with Crippen LogP contribution in [-0.4, -0.2) is 17.4 Å². The van der Waals surface area contributed by atoms with Crippen LogP contribution < -0.4 is 10.7 Å². The summed E-state index contributed by atoms with van der Waals surface area (Å²) >= 11 is 0. The van der Waals surface area contributed by atoms with E-state index in [0.717, 1.165) is 23.0 Å². The minimum absolute atomic E-state index is 0.00321. The van der Waals surface area contributed by atoms with E-state index in [9.17, 15) is 22.8 Å². The number of halogens is 3. The molecule has 5 nitrogen and oxygen atoms in total. The molecule has 0 fully saturated rings. The number of carbonyl (C=O) groups excluding carboxylic acids is 2. The Kier molecular flexibility index (Phi) is 6.35. The molecule has 8 heteroatoms. The van der Waals surface area contributed by atoms with Gasteiger partial charge in [-0.05, 0) is 42.2 Å². The van der Waals surface area contributed by atoms with Gasteiger partial charge in [-0.15, -0.1) is 0 Å². The van der Waals surface area contributed by atoms with Crippen LogP contribution in [0.15, 0.2) is 64.9 Å². The Morgan fingerprint density at radius 1 is 1.06 bits per heavy atom. The highest BCUT2D eigenvalue weighted by Crippen LogP contribution is 2.34. The van der Waals surface area contributed by atoms with Crippen molar-refractivity contribution >= 4 is 23.1 Å². The normalized spacial score (nSPS) is 19.3. The maximum absolute atomic E-state index is 13.4. The van der Waals surface area contributed by atoms with E-state index >= 15 is 0 Å². The molecule has 0 saturated heterocycles. The Bertz CT molecular complexity index is 1130. The molecule has 1 amide bonds. The molecule has 172 valence electrons. The third-order valence-electron chi connectivity index (χ3n) is 5.96. The van der Waals surface area contributed by atoms with Crippen LogP contribution in [0, 0.1) is 5.92 Å². The van der Waals surface area contributed by atoms with E-state index in [-0.39, 0.29) is 29.6 Å². The molecule has 0 spiro atoms. The number of alkyl halides is 3. The fraction of sp³-hybridized carbons (Fsp3) is 0.320. The van der Waals surface area contributed by atoms with Gasteiger partial charge in [0.1, 0.15) is 0 Å². The van der Waals surface area contributed by atoms with Crippen molar-refractivity contribution in [3.8, 4) is 0 Å². The van der Waals surface area contributed by atoms with Gasteiger partial charge in [0.25, 0.3) is 0 Å². The first kappa shape index (κ1) is 22.8. The number of allylic oxidation sites excluding steroid dienone is 2. The Hall–Kier alpha value is -3.42. The van der Waals surface area contributed by atoms with E-state index in [1.54, 1.807) is 6.07 Å². The molecule has 1 aliphatic heterocycles. The lowest BCUT2D eigenvalue weighted by Crippen LogP contribution is -2.31. The quantitative estimate of drug-likeness (QED) is 0.649. The van der Waals surface area contributed by atoms with Crippen molar-refractivity contribution in [1.29, 1.82) is 0 Å². The van der Waals surface area contributed by atoms with Crippen LogP contribution in [0.3, 0.4) is 0 Å². The first-order valence-electron chi connectivity index (χ1n) is 10.9. The van der Waals surface area contributed by atoms with Crippen LogP contribution in [0.25, 0.3) is 0 Å². The highest BCUT2D eigenvalue weighted by atomic mass is 19.4. The van der Waals surface area contributed by atoms with E-state index < -0.39 is 11.7 Å². The molecular weight excluding hydrogens is 431 g/mol. The third kappa shape index (κ3) is 5.16. The summed E-state index contributed by atoms with van der Waals surface area (Å²) in [7, 11) is 0. The van der Waals surface area contributed by atoms with E-state index in [1.807, 2.05) is 31.2 Å². The number of carbonyl (C=O) groups is 2. The van der Waals surface area contributed by atoms with E-state index in [0.29, 0.717) is 37.0 Å². The van der Waals surface area contributed by atoms with Crippen molar-refractivity contribution in [2.24, 2.45) is 11.0 Å². The Morgan fingerprint density at radius 2 is 1.79 bits per heavy atom. The number of hydrazone groups is 1. The number of nitrogens with one attached hydrogen (secondary N) is 2. The topological polar surface area (TPSA) is 70.6 Å². The molecule has 0 saturated carbocycles. The number of hydrogen-bond acceptors (Lipinski definition) is 4. The van der Waals surface area contributed by atoms with Gasteiger partial charge in [-0.1, -0.05) is 37.3 Å². The molecule has 0 aromatic heterocycles. The zero-order valence-corrected chi connectivity index (χ0v) is 18.1. The zero-order chi connectivity index (χ0) is 23.6. The average Bonchev–Trinajstić information content (AvgIpc) is 2.76. The number of nitrogens with zero attached hydrogens (tertiary/aromatic N) is 1. The highest BCUT2D eigenvalue weighted by molar-refractivity contribution is 6.05. The summed E-state index contributed by atoms with van der Waals surface area (Å²) in [6.45, 7) is 1.94. The van der Waals surface area contributed by atoms with Crippen LogP contribution in [-0.2, 0) is 22.2 Å².